The summed E-state index contributed by atoms with van der Waals surface area (Å²) < 4.78 is 0. The summed E-state index contributed by atoms with van der Waals surface area (Å²) in [6.45, 7) is 0. The fourth-order valence-electron chi connectivity index (χ4n) is 2.44. The van der Waals surface area contributed by atoms with Crippen LogP contribution in [0, 0.1) is 0 Å². The van der Waals surface area contributed by atoms with Crippen molar-refractivity contribution < 1.29 is 24.6 Å². The van der Waals surface area contributed by atoms with Gasteiger partial charge in [0.2, 0.25) is 5.91 Å². The third-order valence-electron chi connectivity index (χ3n) is 3.44. The molecule has 1 amide bonds. The molecule has 9 heteroatoms. The van der Waals surface area contributed by atoms with Crippen LogP contribution in [0.2, 0.25) is 10.0 Å². The van der Waals surface area contributed by atoms with E-state index in [9.17, 15) is 19.5 Å². The Morgan fingerprint density at radius 1 is 1.22 bits per heavy atom. The maximum absolute atomic E-state index is 11.9. The van der Waals surface area contributed by atoms with Crippen LogP contribution in [0.15, 0.2) is 12.1 Å². The molecule has 0 unspecified atom stereocenters. The zero-order valence-electron chi connectivity index (χ0n) is 11.8. The number of fused-ring (bicyclic) bond motifs is 1. The number of carbonyl (C=O) groups excluding carboxylic acids is 1. The molecule has 0 fully saturated rings. The Morgan fingerprint density at radius 3 is 2.52 bits per heavy atom. The number of benzene rings is 1. The highest BCUT2D eigenvalue weighted by atomic mass is 35.5. The second-order valence-electron chi connectivity index (χ2n) is 5.13. The molecule has 0 aliphatic carbocycles. The van der Waals surface area contributed by atoms with Gasteiger partial charge in [0, 0.05) is 34.1 Å². The summed E-state index contributed by atoms with van der Waals surface area (Å²) >= 11 is 12.1. The molecule has 0 aromatic heterocycles. The molecule has 124 valence electrons. The van der Waals surface area contributed by atoms with E-state index in [1.165, 1.54) is 12.1 Å². The third-order valence-corrected chi connectivity index (χ3v) is 3.97. The lowest BCUT2D eigenvalue weighted by molar-refractivity contribution is -0.138. The quantitative estimate of drug-likeness (QED) is 0.640. The van der Waals surface area contributed by atoms with Gasteiger partial charge in [-0.25, -0.2) is 4.79 Å². The summed E-state index contributed by atoms with van der Waals surface area (Å²) in [6, 6.07) is 1.48. The van der Waals surface area contributed by atoms with Crippen LogP contribution in [-0.2, 0) is 14.4 Å². The first-order chi connectivity index (χ1) is 10.8. The summed E-state index contributed by atoms with van der Waals surface area (Å²) in [5, 5.41) is 23.9. The minimum atomic E-state index is -1.08. The summed E-state index contributed by atoms with van der Waals surface area (Å²) in [7, 11) is 0. The number of carboxylic acid groups (broad SMARTS) is 2. The van der Waals surface area contributed by atoms with Crippen molar-refractivity contribution in [2.75, 3.05) is 5.32 Å². The molecule has 2 atom stereocenters. The molecule has 1 aromatic rings. The number of carbonyl (C=O) groups is 3. The van der Waals surface area contributed by atoms with Gasteiger partial charge in [-0.2, -0.15) is 0 Å². The first-order valence-corrected chi connectivity index (χ1v) is 7.53. The maximum atomic E-state index is 11.9. The second kappa shape index (κ2) is 7.06. The molecule has 0 saturated carbocycles. The highest BCUT2D eigenvalue weighted by Crippen LogP contribution is 2.39. The molecule has 2 rings (SSSR count). The SMILES string of the molecule is O=C(O)CCC(=O)N[C@H]1C[C@H](C(=O)O)Nc2cc(Cl)cc(Cl)c21. The summed E-state index contributed by atoms with van der Waals surface area (Å²) in [4.78, 5) is 33.7. The molecule has 4 N–H and O–H groups in total. The highest BCUT2D eigenvalue weighted by molar-refractivity contribution is 6.35. The average molecular weight is 361 g/mol. The Hall–Kier alpha value is -1.99. The van der Waals surface area contributed by atoms with Gasteiger partial charge < -0.3 is 20.8 Å². The average Bonchev–Trinajstić information content (AvgIpc) is 2.43. The predicted molar refractivity (Wildman–Crippen MR) is 83.9 cm³/mol. The Morgan fingerprint density at radius 2 is 1.91 bits per heavy atom. The number of rotatable bonds is 5. The molecule has 0 spiro atoms. The van der Waals surface area contributed by atoms with Gasteiger partial charge in [0.15, 0.2) is 0 Å². The van der Waals surface area contributed by atoms with Gasteiger partial charge in [0.1, 0.15) is 6.04 Å². The van der Waals surface area contributed by atoms with Crippen LogP contribution in [0.4, 0.5) is 5.69 Å². The fraction of sp³-hybridized carbons (Fsp3) is 0.357. The van der Waals surface area contributed by atoms with Crippen molar-refractivity contribution >= 4 is 46.7 Å². The summed E-state index contributed by atoms with van der Waals surface area (Å²) in [5.41, 5.74) is 0.974. The molecule has 0 radical (unpaired) electrons. The molecule has 1 aromatic carbocycles. The normalized spacial score (nSPS) is 19.4. The van der Waals surface area contributed by atoms with Crippen LogP contribution in [0.25, 0.3) is 0 Å². The number of hydrogen-bond donors (Lipinski definition) is 4. The van der Waals surface area contributed by atoms with E-state index in [4.69, 9.17) is 28.3 Å². The van der Waals surface area contributed by atoms with Gasteiger partial charge in [-0.05, 0) is 12.1 Å². The van der Waals surface area contributed by atoms with Crippen LogP contribution >= 0.6 is 23.2 Å². The van der Waals surface area contributed by atoms with Crippen molar-refractivity contribution in [2.24, 2.45) is 0 Å². The molecule has 23 heavy (non-hydrogen) atoms. The molecule has 1 aliphatic heterocycles. The van der Waals surface area contributed by atoms with E-state index in [1.54, 1.807) is 0 Å². The molecule has 7 nitrogen and oxygen atoms in total. The standard InChI is InChI=1S/C14H14Cl2N2O5/c15-6-3-7(16)13-8(4-6)17-10(14(22)23)5-9(13)18-11(19)1-2-12(20)21/h3-4,9-10,17H,1-2,5H2,(H,18,19)(H,20,21)(H,22,23)/t9-,10+/m0/s1. The Labute approximate surface area is 141 Å². The van der Waals surface area contributed by atoms with Gasteiger partial charge >= 0.3 is 11.9 Å². The van der Waals surface area contributed by atoms with Crippen molar-refractivity contribution in [1.82, 2.24) is 5.32 Å². The number of anilines is 1. The zero-order valence-corrected chi connectivity index (χ0v) is 13.3. The number of nitrogens with one attached hydrogen (secondary N) is 2. The Bertz CT molecular complexity index is 665. The first-order valence-electron chi connectivity index (χ1n) is 6.77. The lowest BCUT2D eigenvalue weighted by Crippen LogP contribution is -2.41. The topological polar surface area (TPSA) is 116 Å². The van der Waals surface area contributed by atoms with E-state index in [0.717, 1.165) is 0 Å². The molecular weight excluding hydrogens is 347 g/mol. The minimum absolute atomic E-state index is 0.0858. The number of aliphatic carboxylic acids is 2. The number of carboxylic acids is 2. The second-order valence-corrected chi connectivity index (χ2v) is 5.98. The van der Waals surface area contributed by atoms with Gasteiger partial charge in [-0.15, -0.1) is 0 Å². The van der Waals surface area contributed by atoms with Crippen LogP contribution in [0.5, 0.6) is 0 Å². The van der Waals surface area contributed by atoms with E-state index in [-0.39, 0.29) is 19.3 Å². The molecular formula is C14H14Cl2N2O5. The van der Waals surface area contributed by atoms with Crippen LogP contribution in [0.1, 0.15) is 30.9 Å². The summed E-state index contributed by atoms with van der Waals surface area (Å²) in [6.07, 6.45) is -0.416. The van der Waals surface area contributed by atoms with Crippen LogP contribution < -0.4 is 10.6 Å². The lowest BCUT2D eigenvalue weighted by Gasteiger charge is -2.32. The van der Waals surface area contributed by atoms with Crippen molar-refractivity contribution in [3.05, 3.63) is 27.7 Å². The van der Waals surface area contributed by atoms with Crippen molar-refractivity contribution in [3.8, 4) is 0 Å². The third kappa shape index (κ3) is 4.27. The molecule has 1 heterocycles. The van der Waals surface area contributed by atoms with Crippen LogP contribution in [-0.4, -0.2) is 34.1 Å². The fourth-order valence-corrected chi connectivity index (χ4v) is 3.06. The maximum Gasteiger partial charge on any atom is 0.326 e. The van der Waals surface area contributed by atoms with Crippen molar-refractivity contribution in [1.29, 1.82) is 0 Å². The Kier molecular flexibility index (Phi) is 5.33. The van der Waals surface area contributed by atoms with Crippen molar-refractivity contribution in [2.45, 2.75) is 31.3 Å². The van der Waals surface area contributed by atoms with Gasteiger partial charge in [0.05, 0.1) is 12.5 Å². The number of amides is 1. The van der Waals surface area contributed by atoms with Gasteiger partial charge in [-0.1, -0.05) is 23.2 Å². The summed E-state index contributed by atoms with van der Waals surface area (Å²) in [5.74, 6) is -2.64. The molecule has 0 saturated heterocycles. The van der Waals surface area contributed by atoms with Crippen LogP contribution in [0.3, 0.4) is 0 Å². The van der Waals surface area contributed by atoms with Gasteiger partial charge in [-0.3, -0.25) is 9.59 Å². The number of halogens is 2. The van der Waals surface area contributed by atoms with E-state index in [1.807, 2.05) is 0 Å². The van der Waals surface area contributed by atoms with E-state index < -0.39 is 29.9 Å². The number of hydrogen-bond acceptors (Lipinski definition) is 4. The lowest BCUT2D eigenvalue weighted by atomic mass is 9.92. The highest BCUT2D eigenvalue weighted by Gasteiger charge is 2.33. The monoisotopic (exact) mass is 360 g/mol. The van der Waals surface area contributed by atoms with Crippen molar-refractivity contribution in [3.63, 3.8) is 0 Å². The largest absolute Gasteiger partial charge is 0.481 e. The Balaban J connectivity index is 2.26. The van der Waals surface area contributed by atoms with E-state index >= 15 is 0 Å². The predicted octanol–water partition coefficient (Wildman–Crippen LogP) is 2.28. The first kappa shape index (κ1) is 17.4. The van der Waals surface area contributed by atoms with Gasteiger partial charge in [0.25, 0.3) is 0 Å². The minimum Gasteiger partial charge on any atom is -0.481 e. The molecule has 0 bridgehead atoms. The molecule has 1 aliphatic rings. The zero-order chi connectivity index (χ0) is 17.1. The van der Waals surface area contributed by atoms with E-state index in [0.29, 0.717) is 21.3 Å². The smallest absolute Gasteiger partial charge is 0.326 e. The van der Waals surface area contributed by atoms with E-state index in [2.05, 4.69) is 10.6 Å².